The first kappa shape index (κ1) is 13.6. The number of aromatic carboxylic acids is 1. The van der Waals surface area contributed by atoms with Crippen molar-refractivity contribution in [2.75, 3.05) is 0 Å². The maximum absolute atomic E-state index is 13.5. The van der Waals surface area contributed by atoms with E-state index in [2.05, 4.69) is 0 Å². The number of ether oxygens (including phenoxy) is 1. The molecule has 0 aromatic heterocycles. The smallest absolute Gasteiger partial charge is 0.342 e. The van der Waals surface area contributed by atoms with Gasteiger partial charge in [0.2, 0.25) is 0 Å². The van der Waals surface area contributed by atoms with Gasteiger partial charge in [-0.25, -0.2) is 9.18 Å². The summed E-state index contributed by atoms with van der Waals surface area (Å²) in [4.78, 5) is 11.0. The molecule has 0 aliphatic heterocycles. The van der Waals surface area contributed by atoms with E-state index >= 15 is 0 Å². The van der Waals surface area contributed by atoms with E-state index in [9.17, 15) is 9.18 Å². The molecule has 0 heterocycles. The molecule has 0 aliphatic carbocycles. The van der Waals surface area contributed by atoms with Gasteiger partial charge in [-0.1, -0.05) is 29.3 Å². The van der Waals surface area contributed by atoms with Crippen LogP contribution < -0.4 is 4.74 Å². The molecule has 19 heavy (non-hydrogen) atoms. The number of carbonyl (C=O) groups is 1. The normalized spacial score (nSPS) is 10.3. The van der Waals surface area contributed by atoms with Crippen LogP contribution in [0.3, 0.4) is 0 Å². The first-order valence-corrected chi connectivity index (χ1v) is 5.89. The molecule has 0 atom stereocenters. The molecule has 3 nitrogen and oxygen atoms in total. The molecule has 0 amide bonds. The van der Waals surface area contributed by atoms with Gasteiger partial charge < -0.3 is 9.84 Å². The van der Waals surface area contributed by atoms with Crippen LogP contribution in [0.1, 0.15) is 10.4 Å². The zero-order chi connectivity index (χ0) is 14.0. The molecule has 0 bridgehead atoms. The van der Waals surface area contributed by atoms with Gasteiger partial charge in [-0.15, -0.1) is 0 Å². The minimum atomic E-state index is -1.42. The number of carboxylic acid groups (broad SMARTS) is 1. The molecule has 0 fully saturated rings. The number of rotatable bonds is 3. The summed E-state index contributed by atoms with van der Waals surface area (Å²) >= 11 is 11.7. The van der Waals surface area contributed by atoms with E-state index in [0.29, 0.717) is 5.02 Å². The summed E-state index contributed by atoms with van der Waals surface area (Å²) < 4.78 is 18.8. The number of hydrogen-bond acceptors (Lipinski definition) is 2. The fourth-order valence-corrected chi connectivity index (χ4v) is 1.79. The van der Waals surface area contributed by atoms with Crippen molar-refractivity contribution >= 4 is 29.2 Å². The third kappa shape index (κ3) is 2.97. The average molecular weight is 301 g/mol. The quantitative estimate of drug-likeness (QED) is 0.899. The monoisotopic (exact) mass is 300 g/mol. The molecule has 0 radical (unpaired) electrons. The molecule has 0 unspecified atom stereocenters. The number of benzene rings is 2. The fourth-order valence-electron chi connectivity index (χ4n) is 1.47. The van der Waals surface area contributed by atoms with E-state index in [4.69, 9.17) is 33.0 Å². The second-order valence-corrected chi connectivity index (χ2v) is 4.44. The van der Waals surface area contributed by atoms with Crippen molar-refractivity contribution in [2.45, 2.75) is 0 Å². The maximum atomic E-state index is 13.5. The molecule has 2 rings (SSSR count). The van der Waals surface area contributed by atoms with Crippen LogP contribution >= 0.6 is 23.2 Å². The Balaban J connectivity index is 2.46. The van der Waals surface area contributed by atoms with Gasteiger partial charge in [0.15, 0.2) is 0 Å². The van der Waals surface area contributed by atoms with Crippen molar-refractivity contribution in [1.29, 1.82) is 0 Å². The third-order valence-corrected chi connectivity index (χ3v) is 2.85. The molecule has 2 aromatic carbocycles. The van der Waals surface area contributed by atoms with Gasteiger partial charge in [-0.05, 0) is 24.3 Å². The Bertz CT molecular complexity index is 644. The summed E-state index contributed by atoms with van der Waals surface area (Å²) in [6, 6.07) is 8.19. The standard InChI is InChI=1S/C13H7Cl2FO3/c14-7-4-5-8(15)11(6-7)19-10-3-1-2-9(16)12(10)13(17)18/h1-6H,(H,17,18). The van der Waals surface area contributed by atoms with Crippen LogP contribution in [0.4, 0.5) is 4.39 Å². The molecule has 6 heteroatoms. The van der Waals surface area contributed by atoms with Gasteiger partial charge in [0, 0.05) is 11.1 Å². The SMILES string of the molecule is O=C(O)c1c(F)cccc1Oc1cc(Cl)ccc1Cl. The van der Waals surface area contributed by atoms with Gasteiger partial charge in [-0.3, -0.25) is 0 Å². The van der Waals surface area contributed by atoms with Gasteiger partial charge in [0.05, 0.1) is 5.02 Å². The first-order valence-electron chi connectivity index (χ1n) is 5.13. The largest absolute Gasteiger partial charge is 0.477 e. The van der Waals surface area contributed by atoms with Gasteiger partial charge >= 0.3 is 5.97 Å². The average Bonchev–Trinajstić information content (AvgIpc) is 2.33. The first-order chi connectivity index (χ1) is 8.99. The Morgan fingerprint density at radius 1 is 1.16 bits per heavy atom. The van der Waals surface area contributed by atoms with E-state index in [-0.39, 0.29) is 16.5 Å². The zero-order valence-corrected chi connectivity index (χ0v) is 10.9. The van der Waals surface area contributed by atoms with Crippen LogP contribution in [-0.4, -0.2) is 11.1 Å². The van der Waals surface area contributed by atoms with Crippen molar-refractivity contribution in [3.63, 3.8) is 0 Å². The Labute approximate surface area is 118 Å². The molecule has 2 aromatic rings. The van der Waals surface area contributed by atoms with Gasteiger partial charge in [-0.2, -0.15) is 0 Å². The number of halogens is 3. The second kappa shape index (κ2) is 5.47. The topological polar surface area (TPSA) is 46.5 Å². The van der Waals surface area contributed by atoms with Crippen LogP contribution in [0, 0.1) is 5.82 Å². The number of hydrogen-bond donors (Lipinski definition) is 1. The summed E-state index contributed by atoms with van der Waals surface area (Å²) in [7, 11) is 0. The lowest BCUT2D eigenvalue weighted by molar-refractivity contribution is 0.0689. The molecule has 0 saturated heterocycles. The van der Waals surface area contributed by atoms with Gasteiger partial charge in [0.1, 0.15) is 22.9 Å². The lowest BCUT2D eigenvalue weighted by atomic mass is 10.2. The molecule has 1 N–H and O–H groups in total. The third-order valence-electron chi connectivity index (χ3n) is 2.30. The van der Waals surface area contributed by atoms with E-state index in [0.717, 1.165) is 6.07 Å². The fraction of sp³-hybridized carbons (Fsp3) is 0. The van der Waals surface area contributed by atoms with Crippen LogP contribution in [0.25, 0.3) is 0 Å². The maximum Gasteiger partial charge on any atom is 0.342 e. The summed E-state index contributed by atoms with van der Waals surface area (Å²) in [5.41, 5.74) is -0.557. The Morgan fingerprint density at radius 3 is 2.58 bits per heavy atom. The van der Waals surface area contributed by atoms with E-state index in [1.54, 1.807) is 6.07 Å². The van der Waals surface area contributed by atoms with Crippen molar-refractivity contribution in [3.8, 4) is 11.5 Å². The lowest BCUT2D eigenvalue weighted by Gasteiger charge is -2.10. The molecule has 98 valence electrons. The zero-order valence-electron chi connectivity index (χ0n) is 9.36. The summed E-state index contributed by atoms with van der Waals surface area (Å²) in [6.45, 7) is 0. The van der Waals surface area contributed by atoms with Crippen molar-refractivity contribution < 1.29 is 19.0 Å². The van der Waals surface area contributed by atoms with Crippen molar-refractivity contribution in [2.24, 2.45) is 0 Å². The minimum absolute atomic E-state index is 0.142. The van der Waals surface area contributed by atoms with Crippen LogP contribution in [0.15, 0.2) is 36.4 Å². The van der Waals surface area contributed by atoms with E-state index in [1.807, 2.05) is 0 Å². The summed E-state index contributed by atoms with van der Waals surface area (Å²) in [5, 5.41) is 9.58. The molecular formula is C13H7Cl2FO3. The predicted octanol–water partition coefficient (Wildman–Crippen LogP) is 4.62. The summed E-state index contributed by atoms with van der Waals surface area (Å²) in [5.74, 6) is -2.30. The van der Waals surface area contributed by atoms with Crippen LogP contribution in [0.2, 0.25) is 10.0 Å². The Hall–Kier alpha value is -1.78. The molecule has 0 saturated carbocycles. The highest BCUT2D eigenvalue weighted by Gasteiger charge is 2.18. The van der Waals surface area contributed by atoms with Crippen molar-refractivity contribution in [1.82, 2.24) is 0 Å². The molecule has 0 aliphatic rings. The highest BCUT2D eigenvalue weighted by molar-refractivity contribution is 6.34. The minimum Gasteiger partial charge on any atom is -0.477 e. The summed E-state index contributed by atoms with van der Waals surface area (Å²) in [6.07, 6.45) is 0. The van der Waals surface area contributed by atoms with Crippen LogP contribution in [0.5, 0.6) is 11.5 Å². The lowest BCUT2D eigenvalue weighted by Crippen LogP contribution is -2.03. The van der Waals surface area contributed by atoms with Crippen molar-refractivity contribution in [3.05, 3.63) is 57.8 Å². The van der Waals surface area contributed by atoms with Gasteiger partial charge in [0.25, 0.3) is 0 Å². The Kier molecular flexibility index (Phi) is 3.93. The molecular weight excluding hydrogens is 294 g/mol. The van der Waals surface area contributed by atoms with Crippen LogP contribution in [-0.2, 0) is 0 Å². The highest BCUT2D eigenvalue weighted by Crippen LogP contribution is 2.34. The Morgan fingerprint density at radius 2 is 1.89 bits per heavy atom. The highest BCUT2D eigenvalue weighted by atomic mass is 35.5. The predicted molar refractivity (Wildman–Crippen MR) is 69.9 cm³/mol. The van der Waals surface area contributed by atoms with E-state index < -0.39 is 17.3 Å². The van der Waals surface area contributed by atoms with E-state index in [1.165, 1.54) is 24.3 Å². The number of carboxylic acids is 1. The second-order valence-electron chi connectivity index (χ2n) is 3.59. The molecule has 0 spiro atoms.